The zero-order valence-corrected chi connectivity index (χ0v) is 10.3. The molecule has 2 aliphatic heterocycles. The number of benzene rings is 1. The van der Waals surface area contributed by atoms with E-state index in [0.717, 1.165) is 25.3 Å². The number of ether oxygens (including phenoxy) is 1. The highest BCUT2D eigenvalue weighted by atomic mass is 19.1. The normalized spacial score (nSPS) is 28.6. The van der Waals surface area contributed by atoms with Crippen LogP contribution < -0.4 is 5.32 Å². The SMILES string of the molecule is O=[N+]([O-])c1c(F)cccc1NCC1CC2CCC1O2. The molecule has 2 saturated heterocycles. The Morgan fingerprint density at radius 1 is 1.47 bits per heavy atom. The van der Waals surface area contributed by atoms with Gasteiger partial charge >= 0.3 is 5.69 Å². The molecule has 5 nitrogen and oxygen atoms in total. The molecule has 0 aliphatic carbocycles. The molecule has 3 unspecified atom stereocenters. The topological polar surface area (TPSA) is 64.4 Å². The van der Waals surface area contributed by atoms with Crippen LogP contribution in [0.3, 0.4) is 0 Å². The summed E-state index contributed by atoms with van der Waals surface area (Å²) in [4.78, 5) is 10.2. The predicted molar refractivity (Wildman–Crippen MR) is 67.5 cm³/mol. The number of nitrogens with one attached hydrogen (secondary N) is 1. The average Bonchev–Trinajstić information content (AvgIpc) is 2.97. The van der Waals surface area contributed by atoms with E-state index < -0.39 is 16.4 Å². The lowest BCUT2D eigenvalue weighted by Gasteiger charge is -2.19. The predicted octanol–water partition coefficient (Wildman–Crippen LogP) is 2.71. The summed E-state index contributed by atoms with van der Waals surface area (Å²) in [6, 6.07) is 4.11. The maximum absolute atomic E-state index is 13.4. The van der Waals surface area contributed by atoms with Crippen molar-refractivity contribution in [1.29, 1.82) is 0 Å². The van der Waals surface area contributed by atoms with E-state index >= 15 is 0 Å². The molecule has 6 heteroatoms. The van der Waals surface area contributed by atoms with Crippen LogP contribution in [0.5, 0.6) is 0 Å². The van der Waals surface area contributed by atoms with Gasteiger partial charge in [0.1, 0.15) is 5.69 Å². The quantitative estimate of drug-likeness (QED) is 0.672. The van der Waals surface area contributed by atoms with Crippen LogP contribution in [0.15, 0.2) is 18.2 Å². The third-order valence-corrected chi connectivity index (χ3v) is 3.96. The summed E-state index contributed by atoms with van der Waals surface area (Å²) >= 11 is 0. The van der Waals surface area contributed by atoms with Crippen LogP contribution >= 0.6 is 0 Å². The van der Waals surface area contributed by atoms with Crippen LogP contribution in [0.1, 0.15) is 19.3 Å². The van der Waals surface area contributed by atoms with Gasteiger partial charge < -0.3 is 10.1 Å². The summed E-state index contributed by atoms with van der Waals surface area (Å²) in [6.45, 7) is 0.589. The van der Waals surface area contributed by atoms with Crippen LogP contribution in [0.25, 0.3) is 0 Å². The Morgan fingerprint density at radius 3 is 2.95 bits per heavy atom. The number of hydrogen-bond acceptors (Lipinski definition) is 4. The van der Waals surface area contributed by atoms with Crippen LogP contribution in [0.2, 0.25) is 0 Å². The zero-order chi connectivity index (χ0) is 13.4. The molecule has 0 spiro atoms. The van der Waals surface area contributed by atoms with E-state index in [2.05, 4.69) is 5.32 Å². The highest BCUT2D eigenvalue weighted by molar-refractivity contribution is 5.61. The van der Waals surface area contributed by atoms with Crippen molar-refractivity contribution in [2.24, 2.45) is 5.92 Å². The second kappa shape index (κ2) is 4.77. The molecule has 3 rings (SSSR count). The van der Waals surface area contributed by atoms with Crippen molar-refractivity contribution < 1.29 is 14.1 Å². The highest BCUT2D eigenvalue weighted by Gasteiger charge is 2.40. The Kier molecular flexibility index (Phi) is 3.10. The summed E-state index contributed by atoms with van der Waals surface area (Å²) in [5.74, 6) is -0.444. The van der Waals surface area contributed by atoms with Gasteiger partial charge in [-0.3, -0.25) is 10.1 Å². The number of nitro benzene ring substituents is 1. The first-order valence-electron chi connectivity index (χ1n) is 6.47. The van der Waals surface area contributed by atoms with E-state index in [1.165, 1.54) is 12.1 Å². The molecule has 3 atom stereocenters. The summed E-state index contributed by atoms with van der Waals surface area (Å²) < 4.78 is 19.2. The van der Waals surface area contributed by atoms with Crippen molar-refractivity contribution in [3.8, 4) is 0 Å². The fraction of sp³-hybridized carbons (Fsp3) is 0.538. The molecule has 0 radical (unpaired) electrons. The first-order chi connectivity index (χ1) is 9.15. The van der Waals surface area contributed by atoms with E-state index in [-0.39, 0.29) is 11.8 Å². The number of nitrogens with zero attached hydrogens (tertiary/aromatic N) is 1. The van der Waals surface area contributed by atoms with E-state index in [1.54, 1.807) is 0 Å². The molecular formula is C13H15FN2O3. The van der Waals surface area contributed by atoms with Gasteiger partial charge in [-0.25, -0.2) is 0 Å². The molecule has 2 bridgehead atoms. The third-order valence-electron chi connectivity index (χ3n) is 3.96. The van der Waals surface area contributed by atoms with E-state index in [4.69, 9.17) is 4.74 Å². The van der Waals surface area contributed by atoms with Gasteiger partial charge in [-0.2, -0.15) is 4.39 Å². The summed E-state index contributed by atoms with van der Waals surface area (Å²) in [5, 5.41) is 13.9. The molecule has 19 heavy (non-hydrogen) atoms. The van der Waals surface area contributed by atoms with E-state index in [0.29, 0.717) is 18.6 Å². The van der Waals surface area contributed by atoms with Gasteiger partial charge in [0.2, 0.25) is 5.82 Å². The van der Waals surface area contributed by atoms with Crippen molar-refractivity contribution in [2.45, 2.75) is 31.5 Å². The van der Waals surface area contributed by atoms with Gasteiger partial charge in [0.05, 0.1) is 17.1 Å². The Morgan fingerprint density at radius 2 is 2.32 bits per heavy atom. The smallest absolute Gasteiger partial charge is 0.327 e. The number of anilines is 1. The van der Waals surface area contributed by atoms with Gasteiger partial charge in [0, 0.05) is 12.5 Å². The van der Waals surface area contributed by atoms with Crippen LogP contribution in [0.4, 0.5) is 15.8 Å². The lowest BCUT2D eigenvalue weighted by atomic mass is 9.89. The number of rotatable bonds is 4. The van der Waals surface area contributed by atoms with Crippen molar-refractivity contribution in [2.75, 3.05) is 11.9 Å². The zero-order valence-electron chi connectivity index (χ0n) is 10.3. The van der Waals surface area contributed by atoms with Gasteiger partial charge in [-0.1, -0.05) is 6.07 Å². The number of nitro groups is 1. The molecule has 102 valence electrons. The molecule has 2 aliphatic rings. The molecule has 1 aromatic rings. The van der Waals surface area contributed by atoms with E-state index in [9.17, 15) is 14.5 Å². The van der Waals surface area contributed by atoms with Crippen molar-refractivity contribution in [3.63, 3.8) is 0 Å². The minimum absolute atomic E-state index is 0.243. The molecule has 0 aromatic heterocycles. The van der Waals surface area contributed by atoms with Crippen LogP contribution in [-0.4, -0.2) is 23.7 Å². The molecule has 0 saturated carbocycles. The Labute approximate surface area is 109 Å². The summed E-state index contributed by atoms with van der Waals surface area (Å²) in [5.41, 5.74) is -0.237. The van der Waals surface area contributed by atoms with E-state index in [1.807, 2.05) is 0 Å². The fourth-order valence-electron chi connectivity index (χ4n) is 3.04. The summed E-state index contributed by atoms with van der Waals surface area (Å²) in [7, 11) is 0. The minimum atomic E-state index is -0.806. The maximum atomic E-state index is 13.4. The third kappa shape index (κ3) is 2.28. The molecule has 2 heterocycles. The number of fused-ring (bicyclic) bond motifs is 2. The monoisotopic (exact) mass is 266 g/mol. The number of hydrogen-bond donors (Lipinski definition) is 1. The molecule has 0 amide bonds. The van der Waals surface area contributed by atoms with Crippen molar-refractivity contribution in [1.82, 2.24) is 0 Å². The lowest BCUT2D eigenvalue weighted by Crippen LogP contribution is -2.24. The highest BCUT2D eigenvalue weighted by Crippen LogP contribution is 2.39. The standard InChI is InChI=1S/C13H15FN2O3/c14-10-2-1-3-11(13(10)16(17)18)15-7-8-6-9-4-5-12(8)19-9/h1-3,8-9,12,15H,4-7H2. The number of para-hydroxylation sites is 1. The number of halogens is 1. The van der Waals surface area contributed by atoms with Gasteiger partial charge in [-0.05, 0) is 31.4 Å². The van der Waals surface area contributed by atoms with Crippen LogP contribution in [-0.2, 0) is 4.74 Å². The average molecular weight is 266 g/mol. The minimum Gasteiger partial charge on any atom is -0.379 e. The fourth-order valence-corrected chi connectivity index (χ4v) is 3.04. The largest absolute Gasteiger partial charge is 0.379 e. The molecule has 1 aromatic carbocycles. The maximum Gasteiger partial charge on any atom is 0.327 e. The first kappa shape index (κ1) is 12.3. The summed E-state index contributed by atoms with van der Waals surface area (Å²) in [6.07, 6.45) is 3.76. The second-order valence-corrected chi connectivity index (χ2v) is 5.14. The van der Waals surface area contributed by atoms with Gasteiger partial charge in [-0.15, -0.1) is 0 Å². The molecule has 2 fully saturated rings. The van der Waals surface area contributed by atoms with Gasteiger partial charge in [0.15, 0.2) is 0 Å². The second-order valence-electron chi connectivity index (χ2n) is 5.14. The molecule has 1 N–H and O–H groups in total. The Hall–Kier alpha value is -1.69. The molecular weight excluding hydrogens is 251 g/mol. The Bertz CT molecular complexity index is 509. The van der Waals surface area contributed by atoms with Crippen LogP contribution in [0, 0.1) is 21.8 Å². The lowest BCUT2D eigenvalue weighted by molar-refractivity contribution is -0.386. The van der Waals surface area contributed by atoms with Crippen molar-refractivity contribution >= 4 is 11.4 Å². The van der Waals surface area contributed by atoms with Gasteiger partial charge in [0.25, 0.3) is 0 Å². The first-order valence-corrected chi connectivity index (χ1v) is 6.47. The van der Waals surface area contributed by atoms with Crippen molar-refractivity contribution in [3.05, 3.63) is 34.1 Å². The Balaban J connectivity index is 1.70.